The number of nitrogens with one attached hydrogen (secondary N) is 1. The monoisotopic (exact) mass is 429 g/mol. The molecule has 2 aromatic carbocycles. The molecule has 0 unspecified atom stereocenters. The summed E-state index contributed by atoms with van der Waals surface area (Å²) >= 11 is 0. The van der Waals surface area contributed by atoms with Crippen molar-refractivity contribution in [3.63, 3.8) is 0 Å². The summed E-state index contributed by atoms with van der Waals surface area (Å²) in [6.07, 6.45) is 4.10. The zero-order chi connectivity index (χ0) is 22.5. The highest BCUT2D eigenvalue weighted by molar-refractivity contribution is 5.87. The van der Waals surface area contributed by atoms with Crippen LogP contribution in [0.15, 0.2) is 65.6 Å². The summed E-state index contributed by atoms with van der Waals surface area (Å²) in [5.74, 6) is -0.612. The molecule has 4 aromatic rings. The van der Waals surface area contributed by atoms with Crippen LogP contribution < -0.4 is 5.43 Å². The van der Waals surface area contributed by atoms with Crippen molar-refractivity contribution in [3.8, 4) is 22.5 Å². The van der Waals surface area contributed by atoms with Gasteiger partial charge in [-0.15, -0.1) is 5.10 Å². The van der Waals surface area contributed by atoms with Gasteiger partial charge in [0.15, 0.2) is 11.3 Å². The van der Waals surface area contributed by atoms with Crippen molar-refractivity contribution < 1.29 is 9.90 Å². The molecule has 162 valence electrons. The molecule has 0 fully saturated rings. The fourth-order valence-corrected chi connectivity index (χ4v) is 3.70. The smallest absolute Gasteiger partial charge is 0.341 e. The summed E-state index contributed by atoms with van der Waals surface area (Å²) in [5.41, 5.74) is 4.10. The number of benzene rings is 2. The Morgan fingerprint density at radius 1 is 1.09 bits per heavy atom. The maximum Gasteiger partial charge on any atom is 0.341 e. The van der Waals surface area contributed by atoms with Crippen molar-refractivity contribution in [2.24, 2.45) is 0 Å². The van der Waals surface area contributed by atoms with Crippen LogP contribution in [0.3, 0.4) is 0 Å². The predicted octanol–water partition coefficient (Wildman–Crippen LogP) is 3.78. The van der Waals surface area contributed by atoms with E-state index in [-0.39, 0.29) is 5.56 Å². The molecule has 0 aliphatic heterocycles. The Morgan fingerprint density at radius 2 is 1.84 bits per heavy atom. The molecule has 0 saturated carbocycles. The molecule has 2 heterocycles. The van der Waals surface area contributed by atoms with Gasteiger partial charge in [0.25, 0.3) is 0 Å². The second-order valence-corrected chi connectivity index (χ2v) is 7.57. The summed E-state index contributed by atoms with van der Waals surface area (Å²) < 4.78 is 1.86. The summed E-state index contributed by atoms with van der Waals surface area (Å²) in [6.45, 7) is 2.56. The highest BCUT2D eigenvalue weighted by Gasteiger charge is 2.13. The molecule has 0 atom stereocenters. The van der Waals surface area contributed by atoms with Crippen LogP contribution in [0, 0.1) is 0 Å². The molecular formula is C24H23N5O3. The van der Waals surface area contributed by atoms with E-state index in [0.29, 0.717) is 12.4 Å². The number of rotatable bonds is 8. The van der Waals surface area contributed by atoms with Gasteiger partial charge in [0.05, 0.1) is 0 Å². The van der Waals surface area contributed by atoms with Gasteiger partial charge in [-0.3, -0.25) is 4.79 Å². The molecule has 0 spiro atoms. The molecule has 0 radical (unpaired) electrons. The topological polar surface area (TPSA) is 114 Å². The molecule has 2 aromatic heterocycles. The Labute approximate surface area is 184 Å². The van der Waals surface area contributed by atoms with Gasteiger partial charge in [0.1, 0.15) is 5.56 Å². The lowest BCUT2D eigenvalue weighted by Crippen LogP contribution is -2.20. The number of carboxylic acids is 1. The fourth-order valence-electron chi connectivity index (χ4n) is 3.70. The van der Waals surface area contributed by atoms with Crippen molar-refractivity contribution in [2.75, 3.05) is 0 Å². The van der Waals surface area contributed by atoms with Crippen molar-refractivity contribution in [1.82, 2.24) is 25.2 Å². The molecule has 0 aliphatic carbocycles. The molecule has 0 amide bonds. The number of aromatic amines is 1. The highest BCUT2D eigenvalue weighted by atomic mass is 16.4. The number of hydrogen-bond acceptors (Lipinski definition) is 5. The lowest BCUT2D eigenvalue weighted by molar-refractivity contribution is 0.0694. The van der Waals surface area contributed by atoms with Crippen molar-refractivity contribution in [1.29, 1.82) is 0 Å². The average Bonchev–Trinajstić information content (AvgIpc) is 3.34. The summed E-state index contributed by atoms with van der Waals surface area (Å²) in [7, 11) is 0. The van der Waals surface area contributed by atoms with Crippen LogP contribution in [0.4, 0.5) is 0 Å². The van der Waals surface area contributed by atoms with Gasteiger partial charge in [0.2, 0.25) is 0 Å². The van der Waals surface area contributed by atoms with E-state index in [1.165, 1.54) is 12.3 Å². The van der Waals surface area contributed by atoms with E-state index in [1.807, 2.05) is 53.1 Å². The normalized spacial score (nSPS) is 10.9. The summed E-state index contributed by atoms with van der Waals surface area (Å²) in [6, 6.07) is 17.4. The van der Waals surface area contributed by atoms with Gasteiger partial charge in [0, 0.05) is 30.1 Å². The van der Waals surface area contributed by atoms with Crippen LogP contribution in [0.1, 0.15) is 41.4 Å². The van der Waals surface area contributed by atoms with Gasteiger partial charge < -0.3 is 9.67 Å². The number of aromatic nitrogens is 5. The number of pyridine rings is 1. The zero-order valence-corrected chi connectivity index (χ0v) is 17.7. The number of carboxylic acid groups (broad SMARTS) is 1. The largest absolute Gasteiger partial charge is 0.477 e. The standard InChI is InChI=1S/C24H23N5O3/c1-2-3-6-18-13-22(30)21(24(31)32)15-29(18)14-16-9-11-17(12-10-16)19-7-4-5-8-20(19)23-25-27-28-26-23/h4-5,7-13,15H,2-3,6,14H2,1H3,(H,31,32)(H,25,26,27,28). The van der Waals surface area contributed by atoms with Gasteiger partial charge in [-0.1, -0.05) is 61.9 Å². The Morgan fingerprint density at radius 3 is 2.50 bits per heavy atom. The predicted molar refractivity (Wildman–Crippen MR) is 120 cm³/mol. The minimum Gasteiger partial charge on any atom is -0.477 e. The van der Waals surface area contributed by atoms with Gasteiger partial charge in [-0.2, -0.15) is 0 Å². The number of hydrogen-bond donors (Lipinski definition) is 2. The highest BCUT2D eigenvalue weighted by Crippen LogP contribution is 2.29. The first-order chi connectivity index (χ1) is 15.6. The number of aromatic carboxylic acids is 1. The van der Waals surface area contributed by atoms with Crippen LogP contribution in [-0.2, 0) is 13.0 Å². The Balaban J connectivity index is 1.65. The third kappa shape index (κ3) is 4.49. The fraction of sp³-hybridized carbons (Fsp3) is 0.208. The molecular weight excluding hydrogens is 406 g/mol. The quantitative estimate of drug-likeness (QED) is 0.441. The molecule has 8 heteroatoms. The van der Waals surface area contributed by atoms with E-state index in [0.717, 1.165) is 47.2 Å². The molecule has 2 N–H and O–H groups in total. The first-order valence-electron chi connectivity index (χ1n) is 10.5. The van der Waals surface area contributed by atoms with Gasteiger partial charge in [-0.25, -0.2) is 9.89 Å². The maximum absolute atomic E-state index is 12.2. The maximum atomic E-state index is 12.2. The number of aryl methyl sites for hydroxylation is 1. The second kappa shape index (κ2) is 9.38. The summed E-state index contributed by atoms with van der Waals surface area (Å²) in [4.78, 5) is 23.6. The number of nitrogens with zero attached hydrogens (tertiary/aromatic N) is 4. The molecule has 32 heavy (non-hydrogen) atoms. The third-order valence-electron chi connectivity index (χ3n) is 5.38. The molecule has 0 saturated heterocycles. The lowest BCUT2D eigenvalue weighted by atomic mass is 9.98. The van der Waals surface area contributed by atoms with E-state index < -0.39 is 11.4 Å². The van der Waals surface area contributed by atoms with Crippen molar-refractivity contribution in [3.05, 3.63) is 87.8 Å². The summed E-state index contributed by atoms with van der Waals surface area (Å²) in [5, 5.41) is 23.5. The van der Waals surface area contributed by atoms with E-state index in [9.17, 15) is 14.7 Å². The minimum absolute atomic E-state index is 0.212. The van der Waals surface area contributed by atoms with E-state index in [1.54, 1.807) is 0 Å². The minimum atomic E-state index is -1.21. The van der Waals surface area contributed by atoms with Crippen molar-refractivity contribution >= 4 is 5.97 Å². The van der Waals surface area contributed by atoms with E-state index in [2.05, 4.69) is 27.5 Å². The number of H-pyrrole nitrogens is 1. The molecule has 0 bridgehead atoms. The van der Waals surface area contributed by atoms with Crippen LogP contribution in [0.5, 0.6) is 0 Å². The van der Waals surface area contributed by atoms with E-state index in [4.69, 9.17) is 0 Å². The first kappa shape index (κ1) is 21.2. The van der Waals surface area contributed by atoms with Crippen LogP contribution in [0.25, 0.3) is 22.5 Å². The van der Waals surface area contributed by atoms with E-state index >= 15 is 0 Å². The Kier molecular flexibility index (Phi) is 6.21. The molecule has 8 nitrogen and oxygen atoms in total. The van der Waals surface area contributed by atoms with Gasteiger partial charge in [-0.05, 0) is 40.0 Å². The van der Waals surface area contributed by atoms with Gasteiger partial charge >= 0.3 is 5.97 Å². The van der Waals surface area contributed by atoms with Crippen LogP contribution in [0.2, 0.25) is 0 Å². The molecule has 0 aliphatic rings. The first-order valence-corrected chi connectivity index (χ1v) is 10.5. The number of unbranched alkanes of at least 4 members (excludes halogenated alkanes) is 1. The average molecular weight is 429 g/mol. The number of tetrazole rings is 1. The SMILES string of the molecule is CCCCc1cc(=O)c(C(=O)O)cn1Cc1ccc(-c2ccccc2-c2nnn[nH]2)cc1. The molecule has 4 rings (SSSR count). The van der Waals surface area contributed by atoms with Crippen LogP contribution in [-0.4, -0.2) is 36.3 Å². The zero-order valence-electron chi connectivity index (χ0n) is 17.7. The Hall–Kier alpha value is -4.07. The Bertz CT molecular complexity index is 1280. The van der Waals surface area contributed by atoms with Crippen molar-refractivity contribution in [2.45, 2.75) is 32.7 Å². The van der Waals surface area contributed by atoms with Crippen LogP contribution >= 0.6 is 0 Å². The lowest BCUT2D eigenvalue weighted by Gasteiger charge is -2.15. The number of carbonyl (C=O) groups is 1. The second-order valence-electron chi connectivity index (χ2n) is 7.57. The third-order valence-corrected chi connectivity index (χ3v) is 5.38.